The minimum Gasteiger partial charge on any atom is -0.508 e. The Morgan fingerprint density at radius 1 is 1.24 bits per heavy atom. The summed E-state index contributed by atoms with van der Waals surface area (Å²) in [6.07, 6.45) is 5.29. The number of phenols is 1. The minimum atomic E-state index is 0.434. The number of para-hydroxylation sites is 1. The van der Waals surface area contributed by atoms with E-state index in [-0.39, 0.29) is 0 Å². The summed E-state index contributed by atoms with van der Waals surface area (Å²) in [4.78, 5) is 2.48. The Hall–Kier alpha value is -1.02. The maximum absolute atomic E-state index is 9.78. The second-order valence-corrected chi connectivity index (χ2v) is 5.11. The maximum Gasteiger partial charge on any atom is 0.120 e. The fourth-order valence-electron chi connectivity index (χ4n) is 2.68. The van der Waals surface area contributed by atoms with Crippen molar-refractivity contribution in [2.75, 3.05) is 13.1 Å². The molecule has 1 N–H and O–H groups in total. The highest BCUT2D eigenvalue weighted by Gasteiger charge is 2.16. The normalized spacial score (nSPS) is 22.3. The molecule has 1 unspecified atom stereocenters. The molecule has 1 fully saturated rings. The van der Waals surface area contributed by atoms with Gasteiger partial charge in [-0.3, -0.25) is 4.90 Å². The molecule has 1 aromatic carbocycles. The lowest BCUT2D eigenvalue weighted by molar-refractivity contribution is 0.268. The van der Waals surface area contributed by atoms with E-state index in [0.29, 0.717) is 5.75 Å². The number of likely N-dealkylation sites (tertiary alicyclic amines) is 1. The molecular weight excluding hydrogens is 210 g/mol. The van der Waals surface area contributed by atoms with E-state index in [1.807, 2.05) is 18.2 Å². The Labute approximate surface area is 104 Å². The number of hydrogen-bond acceptors (Lipinski definition) is 2. The topological polar surface area (TPSA) is 23.5 Å². The van der Waals surface area contributed by atoms with Gasteiger partial charge in [-0.15, -0.1) is 0 Å². The summed E-state index contributed by atoms with van der Waals surface area (Å²) in [5, 5.41) is 9.78. The van der Waals surface area contributed by atoms with Crippen LogP contribution in [0.1, 0.15) is 38.2 Å². The van der Waals surface area contributed by atoms with E-state index >= 15 is 0 Å². The summed E-state index contributed by atoms with van der Waals surface area (Å²) in [5.74, 6) is 1.34. The van der Waals surface area contributed by atoms with E-state index in [1.54, 1.807) is 6.07 Å². The van der Waals surface area contributed by atoms with Gasteiger partial charge in [-0.05, 0) is 44.3 Å². The molecular formula is C15H23NO. The Balaban J connectivity index is 1.93. The summed E-state index contributed by atoms with van der Waals surface area (Å²) in [5.41, 5.74) is 1.06. The first-order valence-electron chi connectivity index (χ1n) is 6.79. The fourth-order valence-corrected chi connectivity index (χ4v) is 2.68. The molecule has 1 aliphatic rings. The predicted octanol–water partition coefficient (Wildman–Crippen LogP) is 3.40. The van der Waals surface area contributed by atoms with Gasteiger partial charge in [0.2, 0.25) is 0 Å². The SMILES string of the molecule is CCC1CCCN(Cc2ccccc2O)CC1. The average molecular weight is 233 g/mol. The molecule has 1 aromatic rings. The second kappa shape index (κ2) is 6.06. The smallest absolute Gasteiger partial charge is 0.120 e. The highest BCUT2D eigenvalue weighted by molar-refractivity contribution is 5.31. The van der Waals surface area contributed by atoms with Gasteiger partial charge in [0.1, 0.15) is 5.75 Å². The van der Waals surface area contributed by atoms with Crippen LogP contribution in [-0.2, 0) is 6.54 Å². The van der Waals surface area contributed by atoms with Crippen molar-refractivity contribution in [3.63, 3.8) is 0 Å². The van der Waals surface area contributed by atoms with Crippen LogP contribution in [-0.4, -0.2) is 23.1 Å². The van der Waals surface area contributed by atoms with Crippen LogP contribution in [0, 0.1) is 5.92 Å². The van der Waals surface area contributed by atoms with Crippen LogP contribution in [0.5, 0.6) is 5.75 Å². The Kier molecular flexibility index (Phi) is 4.43. The minimum absolute atomic E-state index is 0.434. The first kappa shape index (κ1) is 12.4. The Morgan fingerprint density at radius 2 is 2.06 bits per heavy atom. The molecule has 1 saturated heterocycles. The molecule has 1 aliphatic heterocycles. The number of aromatic hydroxyl groups is 1. The molecule has 17 heavy (non-hydrogen) atoms. The van der Waals surface area contributed by atoms with Crippen molar-refractivity contribution in [3.8, 4) is 5.75 Å². The summed E-state index contributed by atoms with van der Waals surface area (Å²) in [6, 6.07) is 7.69. The first-order valence-corrected chi connectivity index (χ1v) is 6.79. The summed E-state index contributed by atoms with van der Waals surface area (Å²) >= 11 is 0. The number of phenolic OH excluding ortho intramolecular Hbond substituents is 1. The number of rotatable bonds is 3. The molecule has 94 valence electrons. The van der Waals surface area contributed by atoms with Crippen LogP contribution >= 0.6 is 0 Å². The molecule has 2 heteroatoms. The van der Waals surface area contributed by atoms with Crippen LogP contribution in [0.2, 0.25) is 0 Å². The summed E-state index contributed by atoms with van der Waals surface area (Å²) in [7, 11) is 0. The number of hydrogen-bond donors (Lipinski definition) is 1. The van der Waals surface area contributed by atoms with Gasteiger partial charge in [0.15, 0.2) is 0 Å². The molecule has 0 aliphatic carbocycles. The van der Waals surface area contributed by atoms with E-state index < -0.39 is 0 Å². The van der Waals surface area contributed by atoms with Gasteiger partial charge in [0.05, 0.1) is 0 Å². The Morgan fingerprint density at radius 3 is 2.82 bits per heavy atom. The van der Waals surface area contributed by atoms with Gasteiger partial charge in [0.25, 0.3) is 0 Å². The standard InChI is InChI=1S/C15H23NO/c1-2-13-6-5-10-16(11-9-13)12-14-7-3-4-8-15(14)17/h3-4,7-8,13,17H,2,5-6,9-12H2,1H3. The van der Waals surface area contributed by atoms with Crippen molar-refractivity contribution in [1.29, 1.82) is 0 Å². The molecule has 0 amide bonds. The summed E-state index contributed by atoms with van der Waals surface area (Å²) in [6.45, 7) is 5.53. The predicted molar refractivity (Wildman–Crippen MR) is 71.0 cm³/mol. The molecule has 0 bridgehead atoms. The molecule has 1 heterocycles. The van der Waals surface area contributed by atoms with E-state index in [9.17, 15) is 5.11 Å². The Bertz CT molecular complexity index is 351. The summed E-state index contributed by atoms with van der Waals surface area (Å²) < 4.78 is 0. The van der Waals surface area contributed by atoms with Crippen molar-refractivity contribution < 1.29 is 5.11 Å². The van der Waals surface area contributed by atoms with E-state index in [1.165, 1.54) is 38.8 Å². The maximum atomic E-state index is 9.78. The fraction of sp³-hybridized carbons (Fsp3) is 0.600. The van der Waals surface area contributed by atoms with E-state index in [4.69, 9.17) is 0 Å². The van der Waals surface area contributed by atoms with Crippen LogP contribution in [0.4, 0.5) is 0 Å². The highest BCUT2D eigenvalue weighted by atomic mass is 16.3. The van der Waals surface area contributed by atoms with Crippen LogP contribution in [0.3, 0.4) is 0 Å². The molecule has 2 rings (SSSR count). The van der Waals surface area contributed by atoms with Crippen molar-refractivity contribution in [1.82, 2.24) is 4.90 Å². The highest BCUT2D eigenvalue weighted by Crippen LogP contribution is 2.23. The first-order chi connectivity index (χ1) is 8.29. The molecule has 0 saturated carbocycles. The van der Waals surface area contributed by atoms with Gasteiger partial charge >= 0.3 is 0 Å². The third kappa shape index (κ3) is 3.47. The molecule has 0 aromatic heterocycles. The largest absolute Gasteiger partial charge is 0.508 e. The van der Waals surface area contributed by atoms with Crippen LogP contribution in [0.15, 0.2) is 24.3 Å². The van der Waals surface area contributed by atoms with Crippen molar-refractivity contribution in [2.45, 2.75) is 39.2 Å². The monoisotopic (exact) mass is 233 g/mol. The van der Waals surface area contributed by atoms with Gasteiger partial charge in [-0.25, -0.2) is 0 Å². The van der Waals surface area contributed by atoms with E-state index in [2.05, 4.69) is 11.8 Å². The van der Waals surface area contributed by atoms with Crippen molar-refractivity contribution in [3.05, 3.63) is 29.8 Å². The van der Waals surface area contributed by atoms with Crippen molar-refractivity contribution >= 4 is 0 Å². The zero-order chi connectivity index (χ0) is 12.1. The van der Waals surface area contributed by atoms with Gasteiger partial charge in [-0.2, -0.15) is 0 Å². The third-order valence-electron chi connectivity index (χ3n) is 3.90. The quantitative estimate of drug-likeness (QED) is 0.865. The van der Waals surface area contributed by atoms with E-state index in [0.717, 1.165) is 18.0 Å². The van der Waals surface area contributed by atoms with Gasteiger partial charge < -0.3 is 5.11 Å². The van der Waals surface area contributed by atoms with Gasteiger partial charge in [0, 0.05) is 12.1 Å². The van der Waals surface area contributed by atoms with Crippen LogP contribution < -0.4 is 0 Å². The zero-order valence-electron chi connectivity index (χ0n) is 10.7. The van der Waals surface area contributed by atoms with Crippen molar-refractivity contribution in [2.24, 2.45) is 5.92 Å². The lowest BCUT2D eigenvalue weighted by atomic mass is 9.98. The van der Waals surface area contributed by atoms with Gasteiger partial charge in [-0.1, -0.05) is 31.5 Å². The van der Waals surface area contributed by atoms with Crippen LogP contribution in [0.25, 0.3) is 0 Å². The lowest BCUT2D eigenvalue weighted by Crippen LogP contribution is -2.24. The zero-order valence-corrected chi connectivity index (χ0v) is 10.7. The third-order valence-corrected chi connectivity index (χ3v) is 3.90. The molecule has 1 atom stereocenters. The molecule has 0 radical (unpaired) electrons. The molecule has 2 nitrogen and oxygen atoms in total. The number of benzene rings is 1. The number of nitrogens with zero attached hydrogens (tertiary/aromatic N) is 1. The lowest BCUT2D eigenvalue weighted by Gasteiger charge is -2.20. The molecule has 0 spiro atoms. The second-order valence-electron chi connectivity index (χ2n) is 5.11. The average Bonchev–Trinajstić information content (AvgIpc) is 2.57.